The van der Waals surface area contributed by atoms with Crippen LogP contribution < -0.4 is 15.8 Å². The van der Waals surface area contributed by atoms with Crippen molar-refractivity contribution in [2.75, 3.05) is 5.32 Å². The van der Waals surface area contributed by atoms with E-state index in [0.29, 0.717) is 29.2 Å². The van der Waals surface area contributed by atoms with Gasteiger partial charge in [0.2, 0.25) is 10.0 Å². The van der Waals surface area contributed by atoms with E-state index in [1.807, 2.05) is 10.6 Å². The van der Waals surface area contributed by atoms with Crippen LogP contribution in [0.2, 0.25) is 0 Å². The number of aliphatic hydroxyl groups excluding tert-OH is 1. The minimum absolute atomic E-state index is 0.0263. The molecule has 3 aromatic rings. The standard InChI is InChI=1S/C30H34FN5O4S/c31-23-3-1-2-22-25-14-33-16-36(25)24(27(22)23)10-26(37)30-11-18-8-19(12-30)28(20(9-18)13-30)35-29(38)34-21-6-4-17(5-7-21)15-41(32,39)40/h1-7,14,16,18-20,24,26,28,37H,8-13,15H2,(H2,32,39,40)(H2,34,35,38). The summed E-state index contributed by atoms with van der Waals surface area (Å²) in [6, 6.07) is 11.2. The van der Waals surface area contributed by atoms with Gasteiger partial charge in [0.1, 0.15) is 5.82 Å². The van der Waals surface area contributed by atoms with Gasteiger partial charge in [-0.2, -0.15) is 0 Å². The molecule has 5 aliphatic rings. The zero-order valence-electron chi connectivity index (χ0n) is 22.5. The summed E-state index contributed by atoms with van der Waals surface area (Å²) in [5, 5.41) is 23.0. The topological polar surface area (TPSA) is 139 Å². The van der Waals surface area contributed by atoms with Crippen LogP contribution in [0.5, 0.6) is 0 Å². The molecular formula is C30H34FN5O4S. The third-order valence-corrected chi connectivity index (χ3v) is 10.8. The van der Waals surface area contributed by atoms with Gasteiger partial charge in [0.05, 0.1) is 36.1 Å². The molecule has 2 amide bonds. The summed E-state index contributed by atoms with van der Waals surface area (Å²) in [5.41, 5.74) is 3.26. The Labute approximate surface area is 238 Å². The number of nitrogens with two attached hydrogens (primary N) is 1. The summed E-state index contributed by atoms with van der Waals surface area (Å²) in [4.78, 5) is 17.3. The van der Waals surface area contributed by atoms with Gasteiger partial charge in [-0.25, -0.2) is 27.7 Å². The van der Waals surface area contributed by atoms with Crippen molar-refractivity contribution in [2.45, 2.75) is 62.5 Å². The summed E-state index contributed by atoms with van der Waals surface area (Å²) in [7, 11) is -3.62. The molecule has 4 atom stereocenters. The molecule has 1 aromatic heterocycles. The van der Waals surface area contributed by atoms with Gasteiger partial charge in [-0.15, -0.1) is 0 Å². The maximum absolute atomic E-state index is 15.0. The Kier molecular flexibility index (Phi) is 6.26. The number of anilines is 1. The molecule has 216 valence electrons. The molecule has 4 unspecified atom stereocenters. The van der Waals surface area contributed by atoms with E-state index in [4.69, 9.17) is 5.14 Å². The Morgan fingerprint density at radius 3 is 2.59 bits per heavy atom. The van der Waals surface area contributed by atoms with E-state index >= 15 is 4.39 Å². The van der Waals surface area contributed by atoms with E-state index in [-0.39, 0.29) is 46.9 Å². The number of aliphatic hydroxyl groups is 1. The summed E-state index contributed by atoms with van der Waals surface area (Å²) in [5.74, 6) is 0.561. The smallest absolute Gasteiger partial charge is 0.319 e. The van der Waals surface area contributed by atoms with Crippen molar-refractivity contribution >= 4 is 21.7 Å². The van der Waals surface area contributed by atoms with E-state index in [2.05, 4.69) is 15.6 Å². The number of aromatic nitrogens is 2. The number of benzene rings is 2. The highest BCUT2D eigenvalue weighted by molar-refractivity contribution is 7.88. The van der Waals surface area contributed by atoms with Crippen LogP contribution in [0.25, 0.3) is 11.3 Å². The molecule has 9 nitrogen and oxygen atoms in total. The second-order valence-corrected chi connectivity index (χ2v) is 14.2. The van der Waals surface area contributed by atoms with E-state index in [1.54, 1.807) is 42.9 Å². The zero-order valence-corrected chi connectivity index (χ0v) is 23.4. The molecule has 0 spiro atoms. The molecular weight excluding hydrogens is 545 g/mol. The third-order valence-electron chi connectivity index (χ3n) is 10.0. The second kappa shape index (κ2) is 9.64. The Hall–Kier alpha value is -3.28. The van der Waals surface area contributed by atoms with Gasteiger partial charge in [-0.05, 0) is 85.5 Å². The predicted octanol–water partition coefficient (Wildman–Crippen LogP) is 4.15. The number of carbonyl (C=O) groups is 1. The Bertz CT molecular complexity index is 1590. The van der Waals surface area contributed by atoms with Gasteiger partial charge in [0, 0.05) is 22.9 Å². The van der Waals surface area contributed by atoms with E-state index < -0.39 is 16.1 Å². The first-order valence-corrected chi connectivity index (χ1v) is 16.0. The molecule has 8 rings (SSSR count). The number of imidazole rings is 1. The quantitative estimate of drug-likeness (QED) is 0.333. The molecule has 2 heterocycles. The van der Waals surface area contributed by atoms with Crippen molar-refractivity contribution in [2.24, 2.45) is 28.3 Å². The maximum atomic E-state index is 15.0. The van der Waals surface area contributed by atoms with Crippen LogP contribution in [0.1, 0.15) is 55.7 Å². The van der Waals surface area contributed by atoms with Gasteiger partial charge in [-0.3, -0.25) is 0 Å². The number of primary sulfonamides is 1. The Morgan fingerprint density at radius 2 is 1.88 bits per heavy atom. The van der Waals surface area contributed by atoms with E-state index in [1.165, 1.54) is 6.07 Å². The predicted molar refractivity (Wildman–Crippen MR) is 152 cm³/mol. The fourth-order valence-corrected chi connectivity index (χ4v) is 9.32. The average molecular weight is 580 g/mol. The van der Waals surface area contributed by atoms with Crippen LogP contribution in [0, 0.1) is 29.0 Å². The lowest BCUT2D eigenvalue weighted by molar-refractivity contribution is -0.135. The minimum atomic E-state index is -3.62. The molecule has 4 fully saturated rings. The molecule has 11 heteroatoms. The lowest BCUT2D eigenvalue weighted by Crippen LogP contribution is -2.62. The first-order chi connectivity index (χ1) is 19.6. The van der Waals surface area contributed by atoms with Gasteiger partial charge in [0.25, 0.3) is 0 Å². The van der Waals surface area contributed by atoms with Crippen molar-refractivity contribution in [3.63, 3.8) is 0 Å². The fourth-order valence-electron chi connectivity index (χ4n) is 8.66. The summed E-state index contributed by atoms with van der Waals surface area (Å²) < 4.78 is 39.7. The van der Waals surface area contributed by atoms with Gasteiger partial charge in [0.15, 0.2) is 0 Å². The summed E-state index contributed by atoms with van der Waals surface area (Å²) in [6.07, 6.45) is 8.04. The van der Waals surface area contributed by atoms with Gasteiger partial charge in [-0.1, -0.05) is 24.3 Å². The summed E-state index contributed by atoms with van der Waals surface area (Å²) >= 11 is 0. The molecule has 4 saturated carbocycles. The number of urea groups is 1. The normalized spacial score (nSPS) is 30.1. The number of nitrogens with zero attached hydrogens (tertiary/aromatic N) is 2. The molecule has 0 saturated heterocycles. The lowest BCUT2D eigenvalue weighted by Gasteiger charge is -2.61. The van der Waals surface area contributed by atoms with Gasteiger partial charge >= 0.3 is 6.03 Å². The number of carbonyl (C=O) groups excluding carboxylic acids is 1. The first-order valence-electron chi connectivity index (χ1n) is 14.2. The van der Waals surface area contributed by atoms with Gasteiger partial charge < -0.3 is 20.3 Å². The number of halogens is 1. The molecule has 41 heavy (non-hydrogen) atoms. The number of nitrogens with one attached hydrogen (secondary N) is 2. The highest BCUT2D eigenvalue weighted by atomic mass is 32.2. The monoisotopic (exact) mass is 579 g/mol. The lowest BCUT2D eigenvalue weighted by atomic mass is 9.46. The van der Waals surface area contributed by atoms with Crippen LogP contribution in [0.15, 0.2) is 55.0 Å². The van der Waals surface area contributed by atoms with Crippen molar-refractivity contribution in [1.82, 2.24) is 14.9 Å². The molecule has 4 aliphatic carbocycles. The molecule has 1 aliphatic heterocycles. The number of amides is 2. The molecule has 4 bridgehead atoms. The Balaban J connectivity index is 1.03. The maximum Gasteiger partial charge on any atom is 0.319 e. The highest BCUT2D eigenvalue weighted by Gasteiger charge is 2.58. The minimum Gasteiger partial charge on any atom is -0.392 e. The van der Waals surface area contributed by atoms with E-state index in [9.17, 15) is 18.3 Å². The van der Waals surface area contributed by atoms with E-state index in [0.717, 1.165) is 43.4 Å². The number of hydrogen-bond acceptors (Lipinski definition) is 5. The van der Waals surface area contributed by atoms with Crippen LogP contribution in [-0.4, -0.2) is 41.3 Å². The third kappa shape index (κ3) is 4.73. The molecule has 2 aromatic carbocycles. The summed E-state index contributed by atoms with van der Waals surface area (Å²) in [6.45, 7) is 0. The van der Waals surface area contributed by atoms with Crippen LogP contribution in [-0.2, 0) is 15.8 Å². The number of sulfonamides is 1. The fraction of sp³-hybridized carbons (Fsp3) is 0.467. The number of hydrogen-bond donors (Lipinski definition) is 4. The van der Waals surface area contributed by atoms with Crippen molar-refractivity contribution < 1.29 is 22.7 Å². The largest absolute Gasteiger partial charge is 0.392 e. The number of rotatable bonds is 7. The zero-order chi connectivity index (χ0) is 28.5. The second-order valence-electron chi connectivity index (χ2n) is 12.6. The highest BCUT2D eigenvalue weighted by Crippen LogP contribution is 2.62. The number of fused-ring (bicyclic) bond motifs is 3. The van der Waals surface area contributed by atoms with Crippen molar-refractivity contribution in [3.8, 4) is 11.3 Å². The van der Waals surface area contributed by atoms with Crippen LogP contribution in [0.4, 0.5) is 14.9 Å². The van der Waals surface area contributed by atoms with Crippen molar-refractivity contribution in [3.05, 3.63) is 71.9 Å². The molecule has 5 N–H and O–H groups in total. The average Bonchev–Trinajstić information content (AvgIpc) is 3.49. The van der Waals surface area contributed by atoms with Crippen molar-refractivity contribution in [1.29, 1.82) is 0 Å². The SMILES string of the molecule is NS(=O)(=O)Cc1ccc(NC(=O)NC2C3CC4CC2CC(C(O)CC2c5c(F)cccc5-c5cncn52)(C4)C3)cc1. The first kappa shape index (κ1) is 26.6. The Morgan fingerprint density at radius 1 is 1.15 bits per heavy atom. The van der Waals surface area contributed by atoms with Crippen LogP contribution >= 0.6 is 0 Å². The molecule has 0 radical (unpaired) electrons. The van der Waals surface area contributed by atoms with Crippen LogP contribution in [0.3, 0.4) is 0 Å².